The standard InChI is InChI=1S/C16H18O4/c1-4-5-12-7-15(18)20-14-8-13(19-9-11(3)17)6-10(2)16(12)14/h6-8H,4-5,9H2,1-3H3. The van der Waals surface area contributed by atoms with E-state index >= 15 is 0 Å². The highest BCUT2D eigenvalue weighted by molar-refractivity contribution is 5.85. The quantitative estimate of drug-likeness (QED) is 0.786. The van der Waals surface area contributed by atoms with Crippen molar-refractivity contribution in [3.05, 3.63) is 39.7 Å². The Morgan fingerprint density at radius 3 is 2.70 bits per heavy atom. The van der Waals surface area contributed by atoms with E-state index in [-0.39, 0.29) is 18.0 Å². The number of fused-ring (bicyclic) bond motifs is 1. The van der Waals surface area contributed by atoms with Gasteiger partial charge in [-0.1, -0.05) is 13.3 Å². The Bertz CT molecular complexity index is 697. The smallest absolute Gasteiger partial charge is 0.336 e. The molecule has 0 fully saturated rings. The Hall–Kier alpha value is -2.10. The number of Topliss-reactive ketones (excluding diaryl/α,β-unsaturated/α-hetero) is 1. The number of aryl methyl sites for hydroxylation is 2. The van der Waals surface area contributed by atoms with Crippen LogP contribution in [0.15, 0.2) is 27.4 Å². The van der Waals surface area contributed by atoms with Gasteiger partial charge in [-0.2, -0.15) is 0 Å². The summed E-state index contributed by atoms with van der Waals surface area (Å²) >= 11 is 0. The molecule has 20 heavy (non-hydrogen) atoms. The Balaban J connectivity index is 2.54. The Kier molecular flexibility index (Phi) is 4.23. The fraction of sp³-hybridized carbons (Fsp3) is 0.375. The molecule has 4 heteroatoms. The lowest BCUT2D eigenvalue weighted by atomic mass is 10.0. The molecule has 2 aromatic rings. The lowest BCUT2D eigenvalue weighted by molar-refractivity contribution is -0.118. The zero-order chi connectivity index (χ0) is 14.7. The largest absolute Gasteiger partial charge is 0.486 e. The van der Waals surface area contributed by atoms with Crippen molar-refractivity contribution in [3.63, 3.8) is 0 Å². The van der Waals surface area contributed by atoms with Crippen molar-refractivity contribution in [2.24, 2.45) is 0 Å². The molecule has 1 heterocycles. The van der Waals surface area contributed by atoms with E-state index in [2.05, 4.69) is 6.92 Å². The summed E-state index contributed by atoms with van der Waals surface area (Å²) in [6.45, 7) is 5.50. The number of rotatable bonds is 5. The third kappa shape index (κ3) is 3.07. The van der Waals surface area contributed by atoms with Gasteiger partial charge in [0.25, 0.3) is 0 Å². The van der Waals surface area contributed by atoms with Gasteiger partial charge in [0.15, 0.2) is 5.78 Å². The molecule has 0 atom stereocenters. The minimum atomic E-state index is -0.357. The molecule has 106 valence electrons. The van der Waals surface area contributed by atoms with Gasteiger partial charge in [-0.15, -0.1) is 0 Å². The van der Waals surface area contributed by atoms with Crippen molar-refractivity contribution in [2.75, 3.05) is 6.61 Å². The van der Waals surface area contributed by atoms with Crippen molar-refractivity contribution < 1.29 is 13.9 Å². The van der Waals surface area contributed by atoms with Crippen molar-refractivity contribution in [1.82, 2.24) is 0 Å². The fourth-order valence-corrected chi connectivity index (χ4v) is 2.30. The van der Waals surface area contributed by atoms with Gasteiger partial charge < -0.3 is 9.15 Å². The molecule has 0 saturated heterocycles. The molecule has 1 aromatic carbocycles. The van der Waals surface area contributed by atoms with Gasteiger partial charge in [-0.3, -0.25) is 4.79 Å². The summed E-state index contributed by atoms with van der Waals surface area (Å²) in [5.41, 5.74) is 2.13. The monoisotopic (exact) mass is 274 g/mol. The Labute approximate surface area is 117 Å². The van der Waals surface area contributed by atoms with Gasteiger partial charge in [-0.05, 0) is 37.5 Å². The van der Waals surface area contributed by atoms with Gasteiger partial charge in [0, 0.05) is 17.5 Å². The van der Waals surface area contributed by atoms with Crippen LogP contribution in [0, 0.1) is 6.92 Å². The summed E-state index contributed by atoms with van der Waals surface area (Å²) in [4.78, 5) is 22.6. The van der Waals surface area contributed by atoms with Gasteiger partial charge >= 0.3 is 5.63 Å². The molecule has 0 N–H and O–H groups in total. The van der Waals surface area contributed by atoms with E-state index in [0.717, 1.165) is 29.4 Å². The van der Waals surface area contributed by atoms with Crippen LogP contribution < -0.4 is 10.4 Å². The lowest BCUT2D eigenvalue weighted by Crippen LogP contribution is -2.07. The van der Waals surface area contributed by atoms with Crippen molar-refractivity contribution >= 4 is 16.8 Å². The van der Waals surface area contributed by atoms with Crippen molar-refractivity contribution in [1.29, 1.82) is 0 Å². The molecule has 0 aliphatic carbocycles. The normalized spacial score (nSPS) is 10.8. The fourth-order valence-electron chi connectivity index (χ4n) is 2.30. The van der Waals surface area contributed by atoms with Crippen LogP contribution >= 0.6 is 0 Å². The Morgan fingerprint density at radius 1 is 1.30 bits per heavy atom. The third-order valence-corrected chi connectivity index (χ3v) is 3.06. The molecule has 2 rings (SSSR count). The second-order valence-electron chi connectivity index (χ2n) is 4.94. The average Bonchev–Trinajstić information content (AvgIpc) is 2.35. The molecule has 1 aromatic heterocycles. The minimum Gasteiger partial charge on any atom is -0.486 e. The van der Waals surface area contributed by atoms with Crippen molar-refractivity contribution in [3.8, 4) is 5.75 Å². The number of hydrogen-bond donors (Lipinski definition) is 0. The van der Waals surface area contributed by atoms with E-state index in [0.29, 0.717) is 11.3 Å². The van der Waals surface area contributed by atoms with Gasteiger partial charge in [0.2, 0.25) is 0 Å². The second-order valence-corrected chi connectivity index (χ2v) is 4.94. The number of carbonyl (C=O) groups excluding carboxylic acids is 1. The molecule has 0 aliphatic heterocycles. The first-order valence-electron chi connectivity index (χ1n) is 6.71. The van der Waals surface area contributed by atoms with E-state index < -0.39 is 0 Å². The summed E-state index contributed by atoms with van der Waals surface area (Å²) in [6.07, 6.45) is 1.79. The summed E-state index contributed by atoms with van der Waals surface area (Å²) in [5, 5.41) is 0.960. The maximum Gasteiger partial charge on any atom is 0.336 e. The van der Waals surface area contributed by atoms with Crippen LogP contribution in [-0.2, 0) is 11.2 Å². The first kappa shape index (κ1) is 14.3. The highest BCUT2D eigenvalue weighted by Crippen LogP contribution is 2.27. The molecular formula is C16H18O4. The molecule has 0 bridgehead atoms. The van der Waals surface area contributed by atoms with Crippen LogP contribution in [0.4, 0.5) is 0 Å². The zero-order valence-corrected chi connectivity index (χ0v) is 12.0. The molecule has 0 spiro atoms. The maximum absolute atomic E-state index is 11.6. The summed E-state index contributed by atoms with van der Waals surface area (Å²) in [5.74, 6) is 0.492. The molecule has 0 amide bonds. The number of carbonyl (C=O) groups is 1. The van der Waals surface area contributed by atoms with Crippen LogP contribution in [0.3, 0.4) is 0 Å². The summed E-state index contributed by atoms with van der Waals surface area (Å²) in [6, 6.07) is 5.09. The first-order valence-corrected chi connectivity index (χ1v) is 6.71. The Morgan fingerprint density at radius 2 is 2.05 bits per heavy atom. The predicted molar refractivity (Wildman–Crippen MR) is 77.4 cm³/mol. The van der Waals surface area contributed by atoms with E-state index in [9.17, 15) is 9.59 Å². The summed E-state index contributed by atoms with van der Waals surface area (Å²) in [7, 11) is 0. The first-order chi connectivity index (χ1) is 9.51. The van der Waals surface area contributed by atoms with Crippen LogP contribution in [0.2, 0.25) is 0 Å². The van der Waals surface area contributed by atoms with E-state index in [1.165, 1.54) is 6.92 Å². The zero-order valence-electron chi connectivity index (χ0n) is 12.0. The average molecular weight is 274 g/mol. The van der Waals surface area contributed by atoms with Gasteiger partial charge in [-0.25, -0.2) is 4.79 Å². The number of ether oxygens (including phenoxy) is 1. The van der Waals surface area contributed by atoms with Gasteiger partial charge in [0.05, 0.1) is 0 Å². The number of ketones is 1. The summed E-state index contributed by atoms with van der Waals surface area (Å²) < 4.78 is 10.6. The third-order valence-electron chi connectivity index (χ3n) is 3.06. The molecule has 0 radical (unpaired) electrons. The van der Waals surface area contributed by atoms with E-state index in [4.69, 9.17) is 9.15 Å². The highest BCUT2D eigenvalue weighted by atomic mass is 16.5. The molecule has 0 unspecified atom stereocenters. The minimum absolute atomic E-state index is 0.0177. The number of hydrogen-bond acceptors (Lipinski definition) is 4. The van der Waals surface area contributed by atoms with Crippen molar-refractivity contribution in [2.45, 2.75) is 33.6 Å². The maximum atomic E-state index is 11.6. The number of benzene rings is 1. The topological polar surface area (TPSA) is 56.5 Å². The predicted octanol–water partition coefficient (Wildman–Crippen LogP) is 3.02. The molecule has 0 saturated carbocycles. The van der Waals surface area contributed by atoms with Crippen LogP contribution in [-0.4, -0.2) is 12.4 Å². The van der Waals surface area contributed by atoms with Gasteiger partial charge in [0.1, 0.15) is 17.9 Å². The highest BCUT2D eigenvalue weighted by Gasteiger charge is 2.10. The van der Waals surface area contributed by atoms with E-state index in [1.807, 2.05) is 13.0 Å². The second kappa shape index (κ2) is 5.90. The van der Waals surface area contributed by atoms with Crippen LogP contribution in [0.1, 0.15) is 31.4 Å². The van der Waals surface area contributed by atoms with E-state index in [1.54, 1.807) is 12.1 Å². The SMILES string of the molecule is CCCc1cc(=O)oc2cc(OCC(C)=O)cc(C)c12. The molecular weight excluding hydrogens is 256 g/mol. The van der Waals surface area contributed by atoms with Crippen LogP contribution in [0.5, 0.6) is 5.75 Å². The molecule has 0 aliphatic rings. The molecule has 4 nitrogen and oxygen atoms in total. The lowest BCUT2D eigenvalue weighted by Gasteiger charge is -2.10. The van der Waals surface area contributed by atoms with Crippen LogP contribution in [0.25, 0.3) is 11.0 Å².